The summed E-state index contributed by atoms with van der Waals surface area (Å²) in [6, 6.07) is 12.2. The topological polar surface area (TPSA) is 55.1 Å². The molecule has 2 rings (SSSR count). The van der Waals surface area contributed by atoms with Crippen LogP contribution in [0.25, 0.3) is 0 Å². The summed E-state index contributed by atoms with van der Waals surface area (Å²) >= 11 is 15.2. The SMILES string of the molecule is N[C@H](CCc1ccc(Br)cc1)C(=O)Nc1cc(Cl)cc(Cl)c1. The standard InChI is InChI=1S/C16H15BrCl2N2O/c17-11-4-1-10(2-5-11)3-6-15(20)16(22)21-14-8-12(18)7-13(19)9-14/h1-2,4-5,7-9,15H,3,6,20H2,(H,21,22)/t15-/m1/s1. The molecule has 116 valence electrons. The van der Waals surface area contributed by atoms with Gasteiger partial charge >= 0.3 is 0 Å². The lowest BCUT2D eigenvalue weighted by molar-refractivity contribution is -0.117. The predicted molar refractivity (Wildman–Crippen MR) is 95.5 cm³/mol. The Morgan fingerprint density at radius 2 is 1.73 bits per heavy atom. The van der Waals surface area contributed by atoms with Crippen LogP contribution in [0.1, 0.15) is 12.0 Å². The van der Waals surface area contributed by atoms with E-state index in [9.17, 15) is 4.79 Å². The van der Waals surface area contributed by atoms with Crippen LogP contribution >= 0.6 is 39.1 Å². The van der Waals surface area contributed by atoms with Gasteiger partial charge in [-0.3, -0.25) is 4.79 Å². The monoisotopic (exact) mass is 400 g/mol. The first kappa shape index (κ1) is 17.3. The molecule has 0 unspecified atom stereocenters. The van der Waals surface area contributed by atoms with Gasteiger partial charge in [0.15, 0.2) is 0 Å². The number of anilines is 1. The number of hydrogen-bond acceptors (Lipinski definition) is 2. The Morgan fingerprint density at radius 3 is 2.32 bits per heavy atom. The number of carbonyl (C=O) groups excluding carboxylic acids is 1. The van der Waals surface area contributed by atoms with E-state index < -0.39 is 6.04 Å². The Bertz CT molecular complexity index is 641. The lowest BCUT2D eigenvalue weighted by atomic mass is 10.1. The van der Waals surface area contributed by atoms with E-state index >= 15 is 0 Å². The summed E-state index contributed by atoms with van der Waals surface area (Å²) < 4.78 is 1.02. The third-order valence-electron chi connectivity index (χ3n) is 3.12. The van der Waals surface area contributed by atoms with Crippen molar-refractivity contribution < 1.29 is 4.79 Å². The van der Waals surface area contributed by atoms with Crippen molar-refractivity contribution >= 4 is 50.7 Å². The molecule has 0 aliphatic heterocycles. The highest BCUT2D eigenvalue weighted by molar-refractivity contribution is 9.10. The number of carbonyl (C=O) groups is 1. The first-order valence-corrected chi connectivity index (χ1v) is 8.26. The molecule has 0 spiro atoms. The van der Waals surface area contributed by atoms with Gasteiger partial charge in [-0.2, -0.15) is 0 Å². The van der Waals surface area contributed by atoms with Crippen molar-refractivity contribution in [1.82, 2.24) is 0 Å². The van der Waals surface area contributed by atoms with E-state index in [0.717, 1.165) is 16.5 Å². The molecule has 0 saturated carbocycles. The van der Waals surface area contributed by atoms with Crippen molar-refractivity contribution in [3.8, 4) is 0 Å². The Balaban J connectivity index is 1.90. The number of amides is 1. The molecular weight excluding hydrogens is 387 g/mol. The summed E-state index contributed by atoms with van der Waals surface area (Å²) in [7, 11) is 0. The Hall–Kier alpha value is -1.07. The van der Waals surface area contributed by atoms with E-state index in [0.29, 0.717) is 22.2 Å². The average molecular weight is 402 g/mol. The molecule has 22 heavy (non-hydrogen) atoms. The minimum atomic E-state index is -0.596. The van der Waals surface area contributed by atoms with Crippen molar-refractivity contribution in [2.45, 2.75) is 18.9 Å². The second kappa shape index (κ2) is 7.97. The van der Waals surface area contributed by atoms with Crippen LogP contribution in [0.2, 0.25) is 10.0 Å². The fraction of sp³-hybridized carbons (Fsp3) is 0.188. The first-order chi connectivity index (χ1) is 10.4. The van der Waals surface area contributed by atoms with Crippen molar-refractivity contribution in [3.05, 3.63) is 62.5 Å². The van der Waals surface area contributed by atoms with Crippen molar-refractivity contribution in [1.29, 1.82) is 0 Å². The molecule has 6 heteroatoms. The third kappa shape index (κ3) is 5.29. The largest absolute Gasteiger partial charge is 0.325 e. The van der Waals surface area contributed by atoms with Crippen LogP contribution in [-0.2, 0) is 11.2 Å². The molecule has 0 aromatic heterocycles. The fourth-order valence-electron chi connectivity index (χ4n) is 1.97. The van der Waals surface area contributed by atoms with Gasteiger partial charge in [-0.05, 0) is 48.7 Å². The summed E-state index contributed by atoms with van der Waals surface area (Å²) in [6.07, 6.45) is 1.29. The lowest BCUT2D eigenvalue weighted by Crippen LogP contribution is -2.36. The maximum absolute atomic E-state index is 12.1. The van der Waals surface area contributed by atoms with Crippen molar-refractivity contribution in [3.63, 3.8) is 0 Å². The van der Waals surface area contributed by atoms with E-state index in [1.807, 2.05) is 24.3 Å². The number of nitrogens with one attached hydrogen (secondary N) is 1. The minimum Gasteiger partial charge on any atom is -0.325 e. The fourth-order valence-corrected chi connectivity index (χ4v) is 2.76. The zero-order valence-electron chi connectivity index (χ0n) is 11.7. The molecule has 0 saturated heterocycles. The normalized spacial score (nSPS) is 12.0. The molecular formula is C16H15BrCl2N2O. The van der Waals surface area contributed by atoms with E-state index in [4.69, 9.17) is 28.9 Å². The number of hydrogen-bond donors (Lipinski definition) is 2. The highest BCUT2D eigenvalue weighted by Crippen LogP contribution is 2.22. The average Bonchev–Trinajstić information content (AvgIpc) is 2.45. The van der Waals surface area contributed by atoms with Crippen molar-refractivity contribution in [2.75, 3.05) is 5.32 Å². The van der Waals surface area contributed by atoms with Crippen LogP contribution in [0.3, 0.4) is 0 Å². The molecule has 1 atom stereocenters. The van der Waals surface area contributed by atoms with Gasteiger partial charge in [-0.15, -0.1) is 0 Å². The number of nitrogens with two attached hydrogens (primary N) is 1. The van der Waals surface area contributed by atoms with E-state index in [1.54, 1.807) is 18.2 Å². The van der Waals surface area contributed by atoms with Gasteiger partial charge < -0.3 is 11.1 Å². The maximum Gasteiger partial charge on any atom is 0.241 e. The summed E-state index contributed by atoms with van der Waals surface area (Å²) in [5.74, 6) is -0.254. The van der Waals surface area contributed by atoms with Crippen LogP contribution in [0.15, 0.2) is 46.9 Å². The van der Waals surface area contributed by atoms with Gasteiger partial charge in [0.2, 0.25) is 5.91 Å². The highest BCUT2D eigenvalue weighted by Gasteiger charge is 2.14. The van der Waals surface area contributed by atoms with Gasteiger partial charge in [0.25, 0.3) is 0 Å². The zero-order chi connectivity index (χ0) is 16.1. The maximum atomic E-state index is 12.1. The van der Waals surface area contributed by atoms with Gasteiger partial charge in [-0.1, -0.05) is 51.3 Å². The van der Waals surface area contributed by atoms with Crippen LogP contribution in [0.4, 0.5) is 5.69 Å². The molecule has 2 aromatic carbocycles. The van der Waals surface area contributed by atoms with Gasteiger partial charge in [-0.25, -0.2) is 0 Å². The molecule has 1 amide bonds. The van der Waals surface area contributed by atoms with Gasteiger partial charge in [0.05, 0.1) is 6.04 Å². The predicted octanol–water partition coefficient (Wildman–Crippen LogP) is 4.65. The zero-order valence-corrected chi connectivity index (χ0v) is 14.8. The molecule has 0 radical (unpaired) electrons. The second-order valence-electron chi connectivity index (χ2n) is 4.92. The van der Waals surface area contributed by atoms with Crippen LogP contribution in [0, 0.1) is 0 Å². The quantitative estimate of drug-likeness (QED) is 0.765. The van der Waals surface area contributed by atoms with E-state index in [2.05, 4.69) is 21.2 Å². The Labute approximate surface area is 147 Å². The highest BCUT2D eigenvalue weighted by atomic mass is 79.9. The number of rotatable bonds is 5. The van der Waals surface area contributed by atoms with Gasteiger partial charge in [0.1, 0.15) is 0 Å². The minimum absolute atomic E-state index is 0.254. The Kier molecular flexibility index (Phi) is 6.26. The molecule has 0 aliphatic rings. The first-order valence-electron chi connectivity index (χ1n) is 6.71. The molecule has 0 bridgehead atoms. The summed E-state index contributed by atoms with van der Waals surface area (Å²) in [5, 5.41) is 3.66. The second-order valence-corrected chi connectivity index (χ2v) is 6.71. The molecule has 3 N–H and O–H groups in total. The molecule has 3 nitrogen and oxygen atoms in total. The van der Waals surface area contributed by atoms with Crippen LogP contribution < -0.4 is 11.1 Å². The number of benzene rings is 2. The lowest BCUT2D eigenvalue weighted by Gasteiger charge is -2.13. The summed E-state index contributed by atoms with van der Waals surface area (Å²) in [5.41, 5.74) is 7.61. The molecule has 2 aromatic rings. The number of aryl methyl sites for hydroxylation is 1. The van der Waals surface area contributed by atoms with Crippen LogP contribution in [-0.4, -0.2) is 11.9 Å². The summed E-state index contributed by atoms with van der Waals surface area (Å²) in [6.45, 7) is 0. The van der Waals surface area contributed by atoms with E-state index in [1.165, 1.54) is 0 Å². The molecule has 0 heterocycles. The van der Waals surface area contributed by atoms with Gasteiger partial charge in [0, 0.05) is 20.2 Å². The third-order valence-corrected chi connectivity index (χ3v) is 4.09. The molecule has 0 fully saturated rings. The van der Waals surface area contributed by atoms with Crippen molar-refractivity contribution in [2.24, 2.45) is 5.73 Å². The molecule has 0 aliphatic carbocycles. The number of halogens is 3. The van der Waals surface area contributed by atoms with E-state index in [-0.39, 0.29) is 5.91 Å². The Morgan fingerprint density at radius 1 is 1.14 bits per heavy atom. The summed E-state index contributed by atoms with van der Waals surface area (Å²) in [4.78, 5) is 12.1. The smallest absolute Gasteiger partial charge is 0.241 e. The van der Waals surface area contributed by atoms with Crippen LogP contribution in [0.5, 0.6) is 0 Å².